The number of aliphatic hydroxyl groups excluding tert-OH is 4. The molecule has 0 saturated carbocycles. The lowest BCUT2D eigenvalue weighted by molar-refractivity contribution is -0.00443. The molecule has 0 bridgehead atoms. The molecule has 1 aliphatic rings. The second-order valence-corrected chi connectivity index (χ2v) is 6.97. The summed E-state index contributed by atoms with van der Waals surface area (Å²) in [6, 6.07) is 7.50. The van der Waals surface area contributed by atoms with Gasteiger partial charge in [-0.15, -0.1) is 0 Å². The number of aryl methyl sites for hydroxylation is 2. The first-order chi connectivity index (χ1) is 11.5. The van der Waals surface area contributed by atoms with Gasteiger partial charge < -0.3 is 25.7 Å². The smallest absolute Gasteiger partial charge is 0.0993 e. The maximum Gasteiger partial charge on any atom is 0.0993 e. The summed E-state index contributed by atoms with van der Waals surface area (Å²) < 4.78 is 0. The summed E-state index contributed by atoms with van der Waals surface area (Å²) in [4.78, 5) is 0. The molecule has 5 heteroatoms. The summed E-state index contributed by atoms with van der Waals surface area (Å²) in [5.74, 6) is 0. The average molecular weight is 337 g/mol. The summed E-state index contributed by atoms with van der Waals surface area (Å²) in [7, 11) is 0. The second-order valence-electron chi connectivity index (χ2n) is 6.97. The van der Waals surface area contributed by atoms with Crippen molar-refractivity contribution < 1.29 is 20.4 Å². The summed E-state index contributed by atoms with van der Waals surface area (Å²) in [5, 5.41) is 41.9. The number of benzene rings is 1. The number of aliphatic hydroxyl groups is 4. The first kappa shape index (κ1) is 19.3. The van der Waals surface area contributed by atoms with Crippen molar-refractivity contribution in [3.05, 3.63) is 35.4 Å². The SMILES string of the molecule is Cc1ccc(CCCCCC[C@H](O)[C@@H]2N[C@@H](CO)[C@H](O)[C@H]2O)cc1. The Hall–Kier alpha value is -0.980. The highest BCUT2D eigenvalue weighted by Gasteiger charge is 2.43. The Balaban J connectivity index is 1.59. The van der Waals surface area contributed by atoms with Crippen LogP contribution in [-0.2, 0) is 6.42 Å². The van der Waals surface area contributed by atoms with Crippen molar-refractivity contribution >= 4 is 0 Å². The third-order valence-corrected chi connectivity index (χ3v) is 4.98. The van der Waals surface area contributed by atoms with Crippen molar-refractivity contribution in [2.24, 2.45) is 0 Å². The van der Waals surface area contributed by atoms with Gasteiger partial charge >= 0.3 is 0 Å². The van der Waals surface area contributed by atoms with Crippen LogP contribution in [0.15, 0.2) is 24.3 Å². The molecule has 1 fully saturated rings. The summed E-state index contributed by atoms with van der Waals surface area (Å²) in [6.45, 7) is 1.84. The number of hydrogen-bond acceptors (Lipinski definition) is 5. The number of nitrogens with one attached hydrogen (secondary N) is 1. The zero-order valence-corrected chi connectivity index (χ0v) is 14.4. The van der Waals surface area contributed by atoms with E-state index >= 15 is 0 Å². The van der Waals surface area contributed by atoms with Crippen LogP contribution in [0.2, 0.25) is 0 Å². The Labute approximate surface area is 144 Å². The molecule has 2 rings (SSSR count). The standard InChI is InChI=1S/C19H31NO4/c1-13-8-10-14(11-9-13)6-4-2-3-5-7-16(22)17-19(24)18(23)15(12-21)20-17/h8-11,15-24H,2-7,12H2,1H3/t15-,16-,17-,18-,19-/m0/s1. The van der Waals surface area contributed by atoms with E-state index in [9.17, 15) is 15.3 Å². The van der Waals surface area contributed by atoms with Crippen LogP contribution in [0.4, 0.5) is 0 Å². The molecular weight excluding hydrogens is 306 g/mol. The third kappa shape index (κ3) is 5.26. The van der Waals surface area contributed by atoms with E-state index in [-0.39, 0.29) is 6.61 Å². The van der Waals surface area contributed by atoms with E-state index < -0.39 is 30.4 Å². The van der Waals surface area contributed by atoms with Gasteiger partial charge in [-0.2, -0.15) is 0 Å². The largest absolute Gasteiger partial charge is 0.395 e. The average Bonchev–Trinajstić information content (AvgIpc) is 2.87. The monoisotopic (exact) mass is 337 g/mol. The van der Waals surface area contributed by atoms with Crippen molar-refractivity contribution in [1.82, 2.24) is 5.32 Å². The normalized spacial score (nSPS) is 28.2. The predicted octanol–water partition coefficient (Wildman–Crippen LogP) is 0.903. The molecule has 0 aromatic heterocycles. The van der Waals surface area contributed by atoms with Crippen LogP contribution < -0.4 is 5.32 Å². The van der Waals surface area contributed by atoms with Gasteiger partial charge in [0.2, 0.25) is 0 Å². The number of rotatable bonds is 9. The van der Waals surface area contributed by atoms with Gasteiger partial charge in [0, 0.05) is 0 Å². The van der Waals surface area contributed by atoms with E-state index in [0.29, 0.717) is 6.42 Å². The molecule has 1 saturated heterocycles. The van der Waals surface area contributed by atoms with Gasteiger partial charge in [0.1, 0.15) is 0 Å². The fraction of sp³-hybridized carbons (Fsp3) is 0.684. The Morgan fingerprint density at radius 2 is 1.67 bits per heavy atom. The van der Waals surface area contributed by atoms with Crippen LogP contribution in [0.5, 0.6) is 0 Å². The first-order valence-electron chi connectivity index (χ1n) is 8.99. The van der Waals surface area contributed by atoms with E-state index in [2.05, 4.69) is 36.5 Å². The highest BCUT2D eigenvalue weighted by atomic mass is 16.3. The molecular formula is C19H31NO4. The molecule has 1 aromatic carbocycles. The maximum absolute atomic E-state index is 10.2. The molecule has 0 spiro atoms. The Kier molecular flexibility index (Phi) is 7.65. The van der Waals surface area contributed by atoms with Gasteiger partial charge in [0.25, 0.3) is 0 Å². The second kappa shape index (κ2) is 9.49. The lowest BCUT2D eigenvalue weighted by Crippen LogP contribution is -2.44. The Morgan fingerprint density at radius 3 is 2.29 bits per heavy atom. The van der Waals surface area contributed by atoms with Crippen LogP contribution in [0, 0.1) is 6.92 Å². The molecule has 1 aliphatic heterocycles. The van der Waals surface area contributed by atoms with Crippen LogP contribution in [0.25, 0.3) is 0 Å². The van der Waals surface area contributed by atoms with Crippen molar-refractivity contribution in [2.45, 2.75) is 75.8 Å². The lowest BCUT2D eigenvalue weighted by Gasteiger charge is -2.22. The van der Waals surface area contributed by atoms with E-state index in [4.69, 9.17) is 5.11 Å². The minimum Gasteiger partial charge on any atom is -0.395 e. The summed E-state index contributed by atoms with van der Waals surface area (Å²) in [5.41, 5.74) is 2.65. The predicted molar refractivity (Wildman–Crippen MR) is 93.8 cm³/mol. The minimum atomic E-state index is -1.03. The Morgan fingerprint density at radius 1 is 1.00 bits per heavy atom. The van der Waals surface area contributed by atoms with E-state index in [1.165, 1.54) is 11.1 Å². The maximum atomic E-state index is 10.2. The topological polar surface area (TPSA) is 93.0 Å². The van der Waals surface area contributed by atoms with Crippen LogP contribution in [0.3, 0.4) is 0 Å². The van der Waals surface area contributed by atoms with E-state index in [1.54, 1.807) is 0 Å². The van der Waals surface area contributed by atoms with Gasteiger partial charge in [-0.1, -0.05) is 49.1 Å². The van der Waals surface area contributed by atoms with Gasteiger partial charge in [-0.25, -0.2) is 0 Å². The fourth-order valence-electron chi connectivity index (χ4n) is 3.36. The zero-order valence-electron chi connectivity index (χ0n) is 14.4. The molecule has 24 heavy (non-hydrogen) atoms. The molecule has 5 N–H and O–H groups in total. The molecule has 5 nitrogen and oxygen atoms in total. The highest BCUT2D eigenvalue weighted by Crippen LogP contribution is 2.20. The van der Waals surface area contributed by atoms with Crippen LogP contribution in [0.1, 0.15) is 43.2 Å². The molecule has 136 valence electrons. The van der Waals surface area contributed by atoms with E-state index in [1.807, 2.05) is 0 Å². The van der Waals surface area contributed by atoms with Crippen molar-refractivity contribution in [2.75, 3.05) is 6.61 Å². The zero-order chi connectivity index (χ0) is 17.5. The third-order valence-electron chi connectivity index (χ3n) is 4.98. The van der Waals surface area contributed by atoms with Gasteiger partial charge in [-0.3, -0.25) is 0 Å². The summed E-state index contributed by atoms with van der Waals surface area (Å²) >= 11 is 0. The van der Waals surface area contributed by atoms with Crippen molar-refractivity contribution in [3.63, 3.8) is 0 Å². The molecule has 0 radical (unpaired) electrons. The molecule has 1 heterocycles. The number of hydrogen-bond donors (Lipinski definition) is 5. The van der Waals surface area contributed by atoms with Crippen LogP contribution in [-0.4, -0.2) is 57.4 Å². The lowest BCUT2D eigenvalue weighted by atomic mass is 9.98. The Bertz CT molecular complexity index is 479. The van der Waals surface area contributed by atoms with Crippen LogP contribution >= 0.6 is 0 Å². The first-order valence-corrected chi connectivity index (χ1v) is 8.99. The molecule has 1 aromatic rings. The fourth-order valence-corrected chi connectivity index (χ4v) is 3.36. The van der Waals surface area contributed by atoms with Crippen molar-refractivity contribution in [3.8, 4) is 0 Å². The van der Waals surface area contributed by atoms with Gasteiger partial charge in [0.05, 0.1) is 37.0 Å². The minimum absolute atomic E-state index is 0.250. The highest BCUT2D eigenvalue weighted by molar-refractivity contribution is 5.21. The summed E-state index contributed by atoms with van der Waals surface area (Å²) in [6.07, 6.45) is 3.08. The quantitative estimate of drug-likeness (QED) is 0.432. The number of unbranched alkanes of at least 4 members (excludes halogenated alkanes) is 3. The molecule has 0 aliphatic carbocycles. The van der Waals surface area contributed by atoms with Gasteiger partial charge in [-0.05, 0) is 31.7 Å². The van der Waals surface area contributed by atoms with E-state index in [0.717, 1.165) is 32.1 Å². The van der Waals surface area contributed by atoms with Crippen molar-refractivity contribution in [1.29, 1.82) is 0 Å². The molecule has 0 unspecified atom stereocenters. The molecule has 0 amide bonds. The molecule has 5 atom stereocenters. The van der Waals surface area contributed by atoms with Gasteiger partial charge in [0.15, 0.2) is 0 Å².